The van der Waals surface area contributed by atoms with Crippen molar-refractivity contribution in [3.63, 3.8) is 0 Å². The van der Waals surface area contributed by atoms with Crippen LogP contribution in [0.3, 0.4) is 0 Å². The molecule has 19 heteroatoms. The number of thioether (sulfide) groups is 1. The largest absolute Gasteiger partial charge is 0.481 e. The summed E-state index contributed by atoms with van der Waals surface area (Å²) in [5, 5.41) is 30.5. The Morgan fingerprint density at radius 2 is 1.26 bits per heavy atom. The number of likely N-dealkylation sites (N-methyl/N-ethyl adjacent to an activating group) is 1. The first kappa shape index (κ1) is 48.2. The molecule has 0 fully saturated rings. The third-order valence-electron chi connectivity index (χ3n) is 8.80. The average Bonchev–Trinajstić information content (AvgIpc) is 3.18. The highest BCUT2D eigenvalue weighted by atomic mass is 32.2. The number of nitrogens with two attached hydrogens (primary N) is 1. The number of carboxylic acid groups (broad SMARTS) is 2. The van der Waals surface area contributed by atoms with Crippen LogP contribution in [0.15, 0.2) is 60.7 Å². The summed E-state index contributed by atoms with van der Waals surface area (Å²) in [6.07, 6.45) is 1.07. The number of aliphatic carboxylic acids is 2. The number of carbonyl (C=O) groups is 9. The van der Waals surface area contributed by atoms with Gasteiger partial charge in [0.1, 0.15) is 30.2 Å². The maximum absolute atomic E-state index is 14.3. The molecule has 0 saturated heterocycles. The third kappa shape index (κ3) is 17.0. The molecule has 0 spiro atoms. The molecule has 0 unspecified atom stereocenters. The Bertz CT molecular complexity index is 1750. The lowest BCUT2D eigenvalue weighted by Gasteiger charge is -2.32. The second kappa shape index (κ2) is 24.6. The second-order valence-corrected chi connectivity index (χ2v) is 14.9. The zero-order valence-corrected chi connectivity index (χ0v) is 33.7. The first-order valence-corrected chi connectivity index (χ1v) is 19.9. The van der Waals surface area contributed by atoms with Gasteiger partial charge in [-0.3, -0.25) is 38.4 Å². The monoisotopic (exact) mass is 827 g/mol. The normalized spacial score (nSPS) is 13.4. The smallest absolute Gasteiger partial charge is 0.394 e. The van der Waals surface area contributed by atoms with E-state index in [-0.39, 0.29) is 31.6 Å². The maximum atomic E-state index is 14.3. The predicted molar refractivity (Wildman–Crippen MR) is 214 cm³/mol. The van der Waals surface area contributed by atoms with Crippen molar-refractivity contribution in [2.24, 2.45) is 11.7 Å². The molecule has 2 aromatic carbocycles. The summed E-state index contributed by atoms with van der Waals surface area (Å²) in [5.74, 6) is -8.94. The summed E-state index contributed by atoms with van der Waals surface area (Å²) in [4.78, 5) is 116. The van der Waals surface area contributed by atoms with Crippen molar-refractivity contribution in [2.45, 2.75) is 82.6 Å². The summed E-state index contributed by atoms with van der Waals surface area (Å²) in [7, 11) is 1.32. The van der Waals surface area contributed by atoms with Gasteiger partial charge in [0.15, 0.2) is 0 Å². The molecule has 0 radical (unpaired) electrons. The molecule has 7 amide bonds. The van der Waals surface area contributed by atoms with E-state index < -0.39 is 103 Å². The zero-order chi connectivity index (χ0) is 43.4. The fourth-order valence-electron chi connectivity index (χ4n) is 5.75. The van der Waals surface area contributed by atoms with Crippen molar-refractivity contribution in [2.75, 3.05) is 25.6 Å². The molecule has 0 saturated carbocycles. The van der Waals surface area contributed by atoms with Gasteiger partial charge in [-0.1, -0.05) is 74.5 Å². The van der Waals surface area contributed by atoms with Crippen LogP contribution in [0, 0.1) is 5.92 Å². The number of carboxylic acids is 2. The Labute approximate surface area is 340 Å². The minimum atomic E-state index is -1.91. The van der Waals surface area contributed by atoms with Gasteiger partial charge in [0, 0.05) is 26.3 Å². The average molecular weight is 828 g/mol. The molecule has 0 aromatic heterocycles. The van der Waals surface area contributed by atoms with Crippen LogP contribution >= 0.6 is 11.8 Å². The van der Waals surface area contributed by atoms with Gasteiger partial charge in [0.2, 0.25) is 35.4 Å². The molecule has 0 aliphatic rings. The van der Waals surface area contributed by atoms with E-state index in [1.165, 1.54) is 18.8 Å². The van der Waals surface area contributed by atoms with Gasteiger partial charge in [0.05, 0.1) is 6.54 Å². The molecule has 2 aromatic rings. The highest BCUT2D eigenvalue weighted by Gasteiger charge is 2.35. The van der Waals surface area contributed by atoms with Crippen molar-refractivity contribution in [1.82, 2.24) is 31.5 Å². The van der Waals surface area contributed by atoms with Crippen LogP contribution in [0.5, 0.6) is 0 Å². The number of nitrogens with zero attached hydrogens (tertiary/aromatic N) is 1. The number of primary amides is 1. The van der Waals surface area contributed by atoms with E-state index in [1.54, 1.807) is 60.7 Å². The molecule has 58 heavy (non-hydrogen) atoms. The van der Waals surface area contributed by atoms with Crippen molar-refractivity contribution in [1.29, 1.82) is 0 Å². The molecule has 2 rings (SSSR count). The lowest BCUT2D eigenvalue weighted by Crippen LogP contribution is -2.59. The van der Waals surface area contributed by atoms with Crippen LogP contribution < -0.4 is 32.3 Å². The first-order chi connectivity index (χ1) is 27.4. The number of hydrogen-bond acceptors (Lipinski definition) is 10. The minimum absolute atomic E-state index is 0.0403. The number of hydrogen-bond donors (Lipinski definition) is 8. The van der Waals surface area contributed by atoms with Crippen LogP contribution in [0.4, 0.5) is 0 Å². The molecular formula is C39H53N7O11S. The van der Waals surface area contributed by atoms with Crippen LogP contribution in [0.1, 0.15) is 50.7 Å². The quantitative estimate of drug-likeness (QED) is 0.0628. The first-order valence-electron chi connectivity index (χ1n) is 18.5. The molecule has 0 aliphatic carbocycles. The van der Waals surface area contributed by atoms with E-state index in [1.807, 2.05) is 25.4 Å². The van der Waals surface area contributed by atoms with Crippen molar-refractivity contribution < 1.29 is 53.4 Å². The van der Waals surface area contributed by atoms with Gasteiger partial charge in [-0.2, -0.15) is 11.8 Å². The van der Waals surface area contributed by atoms with Gasteiger partial charge >= 0.3 is 17.8 Å². The van der Waals surface area contributed by atoms with E-state index >= 15 is 0 Å². The van der Waals surface area contributed by atoms with Crippen LogP contribution in [0.25, 0.3) is 0 Å². The van der Waals surface area contributed by atoms with Crippen LogP contribution in [-0.2, 0) is 56.0 Å². The Balaban J connectivity index is 2.37. The number of benzene rings is 2. The van der Waals surface area contributed by atoms with Crippen LogP contribution in [0.2, 0.25) is 0 Å². The number of nitrogens with one attached hydrogen (secondary N) is 5. The van der Waals surface area contributed by atoms with Gasteiger partial charge in [-0.05, 0) is 48.3 Å². The molecule has 0 bridgehead atoms. The Kier molecular flexibility index (Phi) is 20.4. The van der Waals surface area contributed by atoms with Crippen molar-refractivity contribution >= 4 is 65.1 Å². The molecule has 0 heterocycles. The molecule has 0 aliphatic heterocycles. The highest BCUT2D eigenvalue weighted by molar-refractivity contribution is 7.98. The number of amides is 7. The van der Waals surface area contributed by atoms with Gasteiger partial charge in [0.25, 0.3) is 0 Å². The molecular weight excluding hydrogens is 775 g/mol. The number of carbonyl (C=O) groups excluding carboxylic acids is 7. The summed E-state index contributed by atoms with van der Waals surface area (Å²) in [6, 6.07) is 10.8. The molecule has 316 valence electrons. The van der Waals surface area contributed by atoms with Gasteiger partial charge in [-0.15, -0.1) is 0 Å². The van der Waals surface area contributed by atoms with Crippen molar-refractivity contribution in [3.05, 3.63) is 71.8 Å². The van der Waals surface area contributed by atoms with E-state index in [9.17, 15) is 48.3 Å². The van der Waals surface area contributed by atoms with E-state index in [0.717, 1.165) is 4.90 Å². The highest BCUT2D eigenvalue weighted by Crippen LogP contribution is 2.14. The Morgan fingerprint density at radius 1 is 0.707 bits per heavy atom. The Morgan fingerprint density at radius 3 is 1.78 bits per heavy atom. The van der Waals surface area contributed by atoms with Crippen molar-refractivity contribution in [3.8, 4) is 0 Å². The fraction of sp³-hybridized carbons (Fsp3) is 0.462. The van der Waals surface area contributed by atoms with E-state index in [0.29, 0.717) is 16.9 Å². The topological polar surface area (TPSA) is 283 Å². The fourth-order valence-corrected chi connectivity index (χ4v) is 6.22. The zero-order valence-electron chi connectivity index (χ0n) is 32.9. The third-order valence-corrected chi connectivity index (χ3v) is 9.45. The molecule has 18 nitrogen and oxygen atoms in total. The summed E-state index contributed by atoms with van der Waals surface area (Å²) < 4.78 is 0. The Hall–Kier alpha value is -5.98. The lowest BCUT2D eigenvalue weighted by molar-refractivity contribution is -0.151. The van der Waals surface area contributed by atoms with E-state index in [4.69, 9.17) is 10.8 Å². The van der Waals surface area contributed by atoms with E-state index in [2.05, 4.69) is 21.3 Å². The molecule has 9 N–H and O–H groups in total. The maximum Gasteiger partial charge on any atom is 0.394 e. The van der Waals surface area contributed by atoms with Gasteiger partial charge in [-0.25, -0.2) is 4.79 Å². The summed E-state index contributed by atoms with van der Waals surface area (Å²) in [5.41, 5.74) is 6.70. The second-order valence-electron chi connectivity index (χ2n) is 13.9. The lowest BCUT2D eigenvalue weighted by atomic mass is 10.00. The SMILES string of the molecule is CSCC[C@H](NC(=O)[C@H](CC(C)C)NC(=O)CNC(=O)[C@H](Cc1ccccc1)N(C)C(=O)[C@H](Cc1ccccc1)NC(=O)[C@H](CCC(=O)O)NC(=O)C(=O)O)C(N)=O. The predicted octanol–water partition coefficient (Wildman–Crippen LogP) is -0.412. The van der Waals surface area contributed by atoms with Gasteiger partial charge < -0.3 is 47.4 Å². The summed E-state index contributed by atoms with van der Waals surface area (Å²) in [6.45, 7) is 3.08. The minimum Gasteiger partial charge on any atom is -0.481 e. The number of rotatable bonds is 24. The standard InChI is InChI=1S/C39H53N7O11S/c1-23(2)19-28(35(52)43-26(33(40)50)17-18-58-4)42-31(47)22-41-36(53)30(21-25-13-9-6-10-14-25)46(3)38(55)29(20-24-11-7-5-8-12-24)45-34(51)27(15-16-32(48)49)44-37(54)39(56)57/h5-14,23,26-30H,15-22H2,1-4H3,(H2,40,50)(H,41,53)(H,42,47)(H,43,52)(H,44,54)(H,45,51)(H,48,49)(H,56,57)/t26-,27-,28-,29-,30-/m0/s1. The summed E-state index contributed by atoms with van der Waals surface area (Å²) >= 11 is 1.47. The van der Waals surface area contributed by atoms with Crippen LogP contribution in [-0.4, -0.2) is 124 Å². The molecule has 5 atom stereocenters.